The first-order valence-corrected chi connectivity index (χ1v) is 6.84. The fourth-order valence-corrected chi connectivity index (χ4v) is 2.44. The molecule has 0 radical (unpaired) electrons. The van der Waals surface area contributed by atoms with Gasteiger partial charge < -0.3 is 9.15 Å². The van der Waals surface area contributed by atoms with Gasteiger partial charge in [0.2, 0.25) is 5.78 Å². The fraction of sp³-hybridized carbons (Fsp3) is 0.0667. The molecule has 0 bridgehead atoms. The number of rotatable bonds is 4. The molecule has 3 aromatic rings. The maximum Gasteiger partial charge on any atom is 0.336 e. The average molecular weight is 286 g/mol. The Morgan fingerprint density at radius 1 is 1.20 bits per heavy atom. The van der Waals surface area contributed by atoms with Crippen molar-refractivity contribution < 1.29 is 13.9 Å². The molecular formula is C15H10O4S. The average Bonchev–Trinajstić information content (AvgIpc) is 2.98. The molecule has 0 N–H and O–H groups in total. The highest BCUT2D eigenvalue weighted by Gasteiger charge is 2.08. The number of hydrogen-bond donors (Lipinski definition) is 0. The fourth-order valence-electron chi connectivity index (χ4n) is 1.79. The topological polar surface area (TPSA) is 56.5 Å². The van der Waals surface area contributed by atoms with Crippen LogP contribution in [-0.2, 0) is 0 Å². The molecule has 0 saturated carbocycles. The van der Waals surface area contributed by atoms with Crippen molar-refractivity contribution in [3.05, 3.63) is 63.1 Å². The summed E-state index contributed by atoms with van der Waals surface area (Å²) in [6.07, 6.45) is 0. The van der Waals surface area contributed by atoms with Gasteiger partial charge in [0.25, 0.3) is 0 Å². The molecule has 0 aliphatic heterocycles. The van der Waals surface area contributed by atoms with Crippen LogP contribution in [0.2, 0.25) is 0 Å². The van der Waals surface area contributed by atoms with Crippen molar-refractivity contribution >= 4 is 28.1 Å². The van der Waals surface area contributed by atoms with Gasteiger partial charge in [-0.3, -0.25) is 4.79 Å². The van der Waals surface area contributed by atoms with Crippen LogP contribution >= 0.6 is 11.3 Å². The van der Waals surface area contributed by atoms with E-state index in [1.54, 1.807) is 30.3 Å². The second kappa shape index (κ2) is 5.30. The predicted molar refractivity (Wildman–Crippen MR) is 76.6 cm³/mol. The molecule has 1 aromatic carbocycles. The third-order valence-electron chi connectivity index (χ3n) is 2.76. The van der Waals surface area contributed by atoms with E-state index in [1.807, 2.05) is 11.4 Å². The van der Waals surface area contributed by atoms with Crippen LogP contribution in [0.1, 0.15) is 9.67 Å². The quantitative estimate of drug-likeness (QED) is 0.546. The van der Waals surface area contributed by atoms with Crippen LogP contribution in [0.25, 0.3) is 11.0 Å². The van der Waals surface area contributed by atoms with Crippen LogP contribution in [0.5, 0.6) is 5.75 Å². The van der Waals surface area contributed by atoms with Crippen LogP contribution in [-0.4, -0.2) is 12.4 Å². The highest BCUT2D eigenvalue weighted by molar-refractivity contribution is 7.12. The summed E-state index contributed by atoms with van der Waals surface area (Å²) in [6, 6.07) is 11.8. The standard InChI is InChI=1S/C15H10O4S/c16-12(14-2-1-7-20-14)9-18-11-5-3-10-4-6-15(17)19-13(10)8-11/h1-8H,9H2. The molecule has 0 aliphatic carbocycles. The van der Waals surface area contributed by atoms with E-state index in [1.165, 1.54) is 17.4 Å². The molecule has 4 nitrogen and oxygen atoms in total. The Hall–Kier alpha value is -2.40. The third kappa shape index (κ3) is 2.62. The minimum Gasteiger partial charge on any atom is -0.485 e. The molecule has 3 rings (SSSR count). The first kappa shape index (κ1) is 12.6. The summed E-state index contributed by atoms with van der Waals surface area (Å²) < 4.78 is 10.5. The first-order valence-electron chi connectivity index (χ1n) is 5.96. The van der Waals surface area contributed by atoms with Crippen LogP contribution < -0.4 is 10.4 Å². The maximum absolute atomic E-state index is 11.8. The Kier molecular flexibility index (Phi) is 3.35. The van der Waals surface area contributed by atoms with E-state index < -0.39 is 5.63 Å². The minimum atomic E-state index is -0.413. The second-order valence-electron chi connectivity index (χ2n) is 4.14. The molecule has 0 unspecified atom stereocenters. The maximum atomic E-state index is 11.8. The molecule has 20 heavy (non-hydrogen) atoms. The highest BCUT2D eigenvalue weighted by atomic mass is 32.1. The number of ether oxygens (including phenoxy) is 1. The summed E-state index contributed by atoms with van der Waals surface area (Å²) in [5.74, 6) is 0.423. The zero-order valence-electron chi connectivity index (χ0n) is 10.4. The van der Waals surface area contributed by atoms with Gasteiger partial charge in [0.1, 0.15) is 11.3 Å². The number of hydrogen-bond acceptors (Lipinski definition) is 5. The Morgan fingerprint density at radius 3 is 2.85 bits per heavy atom. The summed E-state index contributed by atoms with van der Waals surface area (Å²) in [7, 11) is 0. The van der Waals surface area contributed by atoms with Gasteiger partial charge >= 0.3 is 5.63 Å². The highest BCUT2D eigenvalue weighted by Crippen LogP contribution is 2.20. The van der Waals surface area contributed by atoms with Gasteiger partial charge in [-0.1, -0.05) is 6.07 Å². The summed E-state index contributed by atoms with van der Waals surface area (Å²) in [4.78, 5) is 23.6. The molecule has 0 atom stereocenters. The van der Waals surface area contributed by atoms with Crippen molar-refractivity contribution in [1.82, 2.24) is 0 Å². The zero-order valence-corrected chi connectivity index (χ0v) is 11.2. The van der Waals surface area contributed by atoms with Crippen molar-refractivity contribution in [3.8, 4) is 5.75 Å². The number of benzene rings is 1. The summed E-state index contributed by atoms with van der Waals surface area (Å²) >= 11 is 1.38. The molecule has 2 heterocycles. The van der Waals surface area contributed by atoms with Crippen molar-refractivity contribution in [3.63, 3.8) is 0 Å². The van der Waals surface area contributed by atoms with Crippen LogP contribution in [0.4, 0.5) is 0 Å². The lowest BCUT2D eigenvalue weighted by Gasteiger charge is -2.05. The Balaban J connectivity index is 1.77. The smallest absolute Gasteiger partial charge is 0.336 e. The number of fused-ring (bicyclic) bond motifs is 1. The van der Waals surface area contributed by atoms with Crippen LogP contribution in [0.15, 0.2) is 57.1 Å². The van der Waals surface area contributed by atoms with Crippen LogP contribution in [0, 0.1) is 0 Å². The molecule has 100 valence electrons. The SMILES string of the molecule is O=C(COc1ccc2ccc(=O)oc2c1)c1cccs1. The predicted octanol–water partition coefficient (Wildman–Crippen LogP) is 3.12. The third-order valence-corrected chi connectivity index (χ3v) is 3.67. The monoisotopic (exact) mass is 286 g/mol. The normalized spacial score (nSPS) is 10.6. The minimum absolute atomic E-state index is 0.0386. The second-order valence-corrected chi connectivity index (χ2v) is 5.09. The molecule has 0 saturated heterocycles. The van der Waals surface area contributed by atoms with E-state index >= 15 is 0 Å². The van der Waals surface area contributed by atoms with Crippen molar-refractivity contribution in [1.29, 1.82) is 0 Å². The molecule has 0 fully saturated rings. The van der Waals surface area contributed by atoms with E-state index in [9.17, 15) is 9.59 Å². The molecule has 0 spiro atoms. The number of ketones is 1. The van der Waals surface area contributed by atoms with Gasteiger partial charge in [0.05, 0.1) is 4.88 Å². The van der Waals surface area contributed by atoms with Gasteiger partial charge in [-0.25, -0.2) is 4.79 Å². The number of thiophene rings is 1. The van der Waals surface area contributed by atoms with Crippen molar-refractivity contribution in [2.24, 2.45) is 0 Å². The number of carbonyl (C=O) groups is 1. The molecular weight excluding hydrogens is 276 g/mol. The van der Waals surface area contributed by atoms with Gasteiger partial charge in [-0.15, -0.1) is 11.3 Å². The largest absolute Gasteiger partial charge is 0.485 e. The van der Waals surface area contributed by atoms with Crippen molar-refractivity contribution in [2.75, 3.05) is 6.61 Å². The lowest BCUT2D eigenvalue weighted by molar-refractivity contribution is 0.0925. The van der Waals surface area contributed by atoms with E-state index in [0.717, 1.165) is 5.39 Å². The Bertz CT molecular complexity index is 802. The van der Waals surface area contributed by atoms with Gasteiger partial charge in [-0.2, -0.15) is 0 Å². The Morgan fingerprint density at radius 2 is 2.05 bits per heavy atom. The van der Waals surface area contributed by atoms with Crippen molar-refractivity contribution in [2.45, 2.75) is 0 Å². The van der Waals surface area contributed by atoms with E-state index in [4.69, 9.17) is 9.15 Å². The van der Waals surface area contributed by atoms with Gasteiger partial charge in [-0.05, 0) is 29.6 Å². The lowest BCUT2D eigenvalue weighted by Crippen LogP contribution is -2.10. The lowest BCUT2D eigenvalue weighted by atomic mass is 10.2. The molecule has 5 heteroatoms. The van der Waals surface area contributed by atoms with Gasteiger partial charge in [0.15, 0.2) is 6.61 Å². The number of carbonyl (C=O) groups excluding carboxylic acids is 1. The van der Waals surface area contributed by atoms with E-state index in [2.05, 4.69) is 0 Å². The zero-order chi connectivity index (χ0) is 13.9. The summed E-state index contributed by atoms with van der Waals surface area (Å²) in [6.45, 7) is -0.0386. The summed E-state index contributed by atoms with van der Waals surface area (Å²) in [5, 5.41) is 2.65. The Labute approximate surface area is 118 Å². The summed E-state index contributed by atoms with van der Waals surface area (Å²) in [5.41, 5.74) is 0.0304. The molecule has 2 aromatic heterocycles. The van der Waals surface area contributed by atoms with Gasteiger partial charge in [0, 0.05) is 17.5 Å². The number of Topliss-reactive ketones (excluding diaryl/α,β-unsaturated/α-hetero) is 1. The van der Waals surface area contributed by atoms with Crippen LogP contribution in [0.3, 0.4) is 0 Å². The van der Waals surface area contributed by atoms with E-state index in [-0.39, 0.29) is 12.4 Å². The molecule has 0 amide bonds. The first-order chi connectivity index (χ1) is 9.72. The van der Waals surface area contributed by atoms with E-state index in [0.29, 0.717) is 16.2 Å². The molecule has 0 aliphatic rings.